The van der Waals surface area contributed by atoms with Crippen LogP contribution in [0.5, 0.6) is 0 Å². The molecule has 0 fully saturated rings. The molecule has 2 rings (SSSR count). The average Bonchev–Trinajstić information content (AvgIpc) is 2.58. The van der Waals surface area contributed by atoms with Gasteiger partial charge in [-0.25, -0.2) is 15.8 Å². The highest BCUT2D eigenvalue weighted by molar-refractivity contribution is 6.31. The van der Waals surface area contributed by atoms with Gasteiger partial charge in [0, 0.05) is 11.6 Å². The molecule has 0 saturated carbocycles. The zero-order chi connectivity index (χ0) is 18.6. The van der Waals surface area contributed by atoms with E-state index in [1.54, 1.807) is 6.92 Å². The molecule has 1 aromatic rings. The van der Waals surface area contributed by atoms with Gasteiger partial charge in [-0.2, -0.15) is 0 Å². The van der Waals surface area contributed by atoms with Crippen molar-refractivity contribution in [1.29, 1.82) is 0 Å². The van der Waals surface area contributed by atoms with Crippen LogP contribution in [0.25, 0.3) is 4.85 Å². The number of carbonyl (C=O) groups is 1. The van der Waals surface area contributed by atoms with E-state index in [0.717, 1.165) is 6.07 Å². The lowest BCUT2D eigenvalue weighted by Gasteiger charge is -2.27. The summed E-state index contributed by atoms with van der Waals surface area (Å²) in [6, 6.07) is 3.13. The number of carbonyl (C=O) groups excluding carboxylic acids is 1. The highest BCUT2D eigenvalue weighted by Crippen LogP contribution is 2.41. The third-order valence-corrected chi connectivity index (χ3v) is 4.42. The summed E-state index contributed by atoms with van der Waals surface area (Å²) in [6.45, 7) is 9.18. The van der Waals surface area contributed by atoms with E-state index in [2.05, 4.69) is 9.84 Å². The normalized spacial score (nSPS) is 20.1. The van der Waals surface area contributed by atoms with Crippen molar-refractivity contribution < 1.29 is 19.0 Å². The summed E-state index contributed by atoms with van der Waals surface area (Å²) in [4.78, 5) is 20.4. The first-order chi connectivity index (χ1) is 11.9. The molecule has 2 unspecified atom stereocenters. The van der Waals surface area contributed by atoms with Crippen molar-refractivity contribution in [2.45, 2.75) is 31.7 Å². The van der Waals surface area contributed by atoms with Gasteiger partial charge >= 0.3 is 5.97 Å². The Bertz CT molecular complexity index is 783. The second-order valence-corrected chi connectivity index (χ2v) is 6.06. The Morgan fingerprint density at radius 1 is 1.52 bits per heavy atom. The van der Waals surface area contributed by atoms with Gasteiger partial charge in [-0.15, -0.1) is 0 Å². The number of benzene rings is 1. The number of halogens is 2. The molecule has 0 aliphatic carbocycles. The van der Waals surface area contributed by atoms with Gasteiger partial charge in [0.1, 0.15) is 11.7 Å². The number of aliphatic hydroxyl groups excluding tert-OH is 1. The first kappa shape index (κ1) is 19.1. The summed E-state index contributed by atoms with van der Waals surface area (Å²) >= 11 is 6.20. The van der Waals surface area contributed by atoms with E-state index >= 15 is 0 Å². The number of rotatable bonds is 5. The van der Waals surface area contributed by atoms with E-state index in [1.807, 2.05) is 0 Å². The van der Waals surface area contributed by atoms with Crippen LogP contribution in [-0.2, 0) is 9.53 Å². The van der Waals surface area contributed by atoms with Gasteiger partial charge in [-0.3, -0.25) is 4.99 Å². The molecule has 5 nitrogen and oxygen atoms in total. The predicted octanol–water partition coefficient (Wildman–Crippen LogP) is 3.52. The van der Waals surface area contributed by atoms with Crippen LogP contribution in [-0.4, -0.2) is 36.5 Å². The summed E-state index contributed by atoms with van der Waals surface area (Å²) in [6.07, 6.45) is 0.775. The fourth-order valence-electron chi connectivity index (χ4n) is 2.96. The van der Waals surface area contributed by atoms with Crippen molar-refractivity contribution in [3.8, 4) is 0 Å². The number of nitrogens with zero attached hydrogens (tertiary/aromatic N) is 2. The summed E-state index contributed by atoms with van der Waals surface area (Å²) in [7, 11) is 1.25. The lowest BCUT2D eigenvalue weighted by molar-refractivity contribution is -0.136. The lowest BCUT2D eigenvalue weighted by atomic mass is 9.79. The van der Waals surface area contributed by atoms with Crippen molar-refractivity contribution in [3.05, 3.63) is 57.3 Å². The molecule has 7 heteroatoms. The number of aliphatic imine (C=N–C) groups is 1. The molecule has 1 aliphatic heterocycles. The van der Waals surface area contributed by atoms with Gasteiger partial charge in [0.05, 0.1) is 24.1 Å². The second-order valence-electron chi connectivity index (χ2n) is 5.65. The maximum Gasteiger partial charge on any atom is 0.336 e. The van der Waals surface area contributed by atoms with E-state index < -0.39 is 23.7 Å². The standard InChI is InChI=1S/C18H18ClFN2O3/c1-10-17(21-2)15(12-7-6-11(20)9-13(12)19)16(18(24)25-3)14(22-10)5-4-8-23/h6-7,9,15,17,23H,4-5,8H2,1,3H3. The first-order valence-corrected chi connectivity index (χ1v) is 8.11. The fraction of sp³-hybridized carbons (Fsp3) is 0.389. The van der Waals surface area contributed by atoms with Crippen LogP contribution in [0.15, 0.2) is 34.5 Å². The summed E-state index contributed by atoms with van der Waals surface area (Å²) < 4.78 is 18.3. The van der Waals surface area contributed by atoms with E-state index in [4.69, 9.17) is 28.0 Å². The molecule has 25 heavy (non-hydrogen) atoms. The van der Waals surface area contributed by atoms with Crippen molar-refractivity contribution in [2.75, 3.05) is 13.7 Å². The van der Waals surface area contributed by atoms with Crippen LogP contribution in [0.3, 0.4) is 0 Å². The van der Waals surface area contributed by atoms with Crippen LogP contribution in [0.2, 0.25) is 5.02 Å². The van der Waals surface area contributed by atoms with Gasteiger partial charge in [-0.1, -0.05) is 17.7 Å². The minimum Gasteiger partial charge on any atom is -0.466 e. The van der Waals surface area contributed by atoms with Crippen LogP contribution in [0.4, 0.5) is 4.39 Å². The maximum atomic E-state index is 13.4. The van der Waals surface area contributed by atoms with E-state index in [0.29, 0.717) is 29.8 Å². The molecule has 2 atom stereocenters. The highest BCUT2D eigenvalue weighted by atomic mass is 35.5. The molecular weight excluding hydrogens is 347 g/mol. The summed E-state index contributed by atoms with van der Waals surface area (Å²) in [5.74, 6) is -1.81. The quantitative estimate of drug-likeness (QED) is 0.642. The number of aliphatic hydroxyl groups is 1. The van der Waals surface area contributed by atoms with E-state index in [9.17, 15) is 9.18 Å². The van der Waals surface area contributed by atoms with Crippen molar-refractivity contribution in [3.63, 3.8) is 0 Å². The first-order valence-electron chi connectivity index (χ1n) is 7.73. The molecular formula is C18H18ClFN2O3. The van der Waals surface area contributed by atoms with Gasteiger partial charge < -0.3 is 14.7 Å². The van der Waals surface area contributed by atoms with Gasteiger partial charge in [0.25, 0.3) is 6.04 Å². The molecule has 0 radical (unpaired) electrons. The van der Waals surface area contributed by atoms with Gasteiger partial charge in [-0.05, 0) is 37.5 Å². The van der Waals surface area contributed by atoms with Crippen molar-refractivity contribution in [2.24, 2.45) is 4.99 Å². The van der Waals surface area contributed by atoms with Gasteiger partial charge in [0.2, 0.25) is 0 Å². The molecule has 1 heterocycles. The number of ether oxygens (including phenoxy) is 1. The number of hydrogen-bond acceptors (Lipinski definition) is 4. The average molecular weight is 365 g/mol. The molecule has 1 N–H and O–H groups in total. The minimum absolute atomic E-state index is 0.0548. The smallest absolute Gasteiger partial charge is 0.336 e. The summed E-state index contributed by atoms with van der Waals surface area (Å²) in [5.41, 5.74) is 1.71. The molecule has 1 aliphatic rings. The van der Waals surface area contributed by atoms with E-state index in [1.165, 1.54) is 19.2 Å². The Labute approximate surface area is 150 Å². The zero-order valence-electron chi connectivity index (χ0n) is 13.9. The minimum atomic E-state index is -0.741. The Balaban J connectivity index is 2.69. The summed E-state index contributed by atoms with van der Waals surface area (Å²) in [5, 5.41) is 9.24. The van der Waals surface area contributed by atoms with Crippen LogP contribution < -0.4 is 0 Å². The molecule has 132 valence electrons. The Morgan fingerprint density at radius 2 is 2.24 bits per heavy atom. The number of esters is 1. The Morgan fingerprint density at radius 3 is 2.80 bits per heavy atom. The monoisotopic (exact) mass is 364 g/mol. The Kier molecular flexibility index (Phi) is 6.29. The number of hydrogen-bond donors (Lipinski definition) is 1. The molecule has 0 spiro atoms. The van der Waals surface area contributed by atoms with Crippen LogP contribution in [0.1, 0.15) is 31.2 Å². The highest BCUT2D eigenvalue weighted by Gasteiger charge is 2.43. The molecule has 0 bridgehead atoms. The molecule has 0 saturated heterocycles. The second kappa shape index (κ2) is 8.24. The van der Waals surface area contributed by atoms with Crippen LogP contribution >= 0.6 is 11.6 Å². The maximum absolute atomic E-state index is 13.4. The van der Waals surface area contributed by atoms with Crippen molar-refractivity contribution >= 4 is 23.3 Å². The number of methoxy groups -OCH3 is 1. The van der Waals surface area contributed by atoms with Gasteiger partial charge in [0.15, 0.2) is 0 Å². The predicted molar refractivity (Wildman–Crippen MR) is 93.0 cm³/mol. The number of allylic oxidation sites excluding steroid dienone is 1. The molecule has 0 amide bonds. The third kappa shape index (κ3) is 3.89. The lowest BCUT2D eigenvalue weighted by Crippen LogP contribution is -2.32. The largest absolute Gasteiger partial charge is 0.466 e. The third-order valence-electron chi connectivity index (χ3n) is 4.09. The topological polar surface area (TPSA) is 63.2 Å². The van der Waals surface area contributed by atoms with E-state index in [-0.39, 0.29) is 17.2 Å². The molecule has 0 aromatic heterocycles. The van der Waals surface area contributed by atoms with Crippen LogP contribution in [0, 0.1) is 12.4 Å². The fourth-order valence-corrected chi connectivity index (χ4v) is 3.24. The molecule has 1 aromatic carbocycles. The Hall–Kier alpha value is -2.23. The zero-order valence-corrected chi connectivity index (χ0v) is 14.7. The van der Waals surface area contributed by atoms with Crippen molar-refractivity contribution in [1.82, 2.24) is 0 Å². The SMILES string of the molecule is [C-]#[N+]C1C(C)=NC(CCCO)=C(C(=O)OC)C1c1ccc(F)cc1Cl.